The maximum absolute atomic E-state index is 12.9. The molecule has 1 aliphatic carbocycles. The molecule has 0 radical (unpaired) electrons. The number of aliphatic carboxylic acids is 1. The van der Waals surface area contributed by atoms with Gasteiger partial charge in [0.25, 0.3) is 0 Å². The van der Waals surface area contributed by atoms with Crippen molar-refractivity contribution in [3.8, 4) is 11.1 Å². The predicted molar refractivity (Wildman–Crippen MR) is 117 cm³/mol. The number of alkyl carbamates (subject to hydrolysis) is 1. The van der Waals surface area contributed by atoms with Crippen LogP contribution < -0.4 is 10.6 Å². The molecule has 0 heterocycles. The van der Waals surface area contributed by atoms with Crippen LogP contribution in [0.3, 0.4) is 0 Å². The van der Waals surface area contributed by atoms with Crippen LogP contribution in [0.25, 0.3) is 11.1 Å². The molecule has 0 aromatic heterocycles. The first kappa shape index (κ1) is 25.1. The average Bonchev–Trinajstić information content (AvgIpc) is 3.10. The maximum atomic E-state index is 12.9. The third-order valence-corrected chi connectivity index (χ3v) is 5.73. The number of hydrogen-bond donors (Lipinski definition) is 3. The Balaban J connectivity index is 1.47. The number of carbonyl (C=O) groups is 3. The highest BCUT2D eigenvalue weighted by molar-refractivity contribution is 5.80. The van der Waals surface area contributed by atoms with Crippen LogP contribution >= 0.6 is 0 Å². The van der Waals surface area contributed by atoms with Gasteiger partial charge in [-0.15, -0.1) is 0 Å². The second kappa shape index (κ2) is 10.6. The van der Waals surface area contributed by atoms with Gasteiger partial charge in [0.1, 0.15) is 12.6 Å². The highest BCUT2D eigenvalue weighted by Crippen LogP contribution is 2.44. The number of ether oxygens (including phenoxy) is 1. The lowest BCUT2D eigenvalue weighted by atomic mass is 9.98. The maximum Gasteiger partial charge on any atom is 0.409 e. The fraction of sp³-hybridized carbons (Fsp3) is 0.375. The van der Waals surface area contributed by atoms with Crippen LogP contribution in [0, 0.1) is 5.92 Å². The number of carboxylic acids is 1. The van der Waals surface area contributed by atoms with Gasteiger partial charge in [0.05, 0.1) is 6.42 Å². The van der Waals surface area contributed by atoms with E-state index in [0.717, 1.165) is 22.3 Å². The molecule has 10 heteroatoms. The Kier molecular flexibility index (Phi) is 7.80. The number of halogens is 3. The van der Waals surface area contributed by atoms with E-state index >= 15 is 0 Å². The summed E-state index contributed by atoms with van der Waals surface area (Å²) in [7, 11) is 0. The van der Waals surface area contributed by atoms with E-state index in [1.165, 1.54) is 6.92 Å². The number of rotatable bonds is 9. The molecule has 0 fully saturated rings. The van der Waals surface area contributed by atoms with Gasteiger partial charge >= 0.3 is 18.2 Å². The molecule has 1 aliphatic rings. The zero-order valence-corrected chi connectivity index (χ0v) is 18.4. The first-order chi connectivity index (χ1) is 16.1. The standard InChI is InChI=1S/C24H25F3N2O5/c1-14(22(32)29-20(12-21(30)31)24(25,26)27)10-11-28-23(33)34-13-19-17-8-4-2-6-15(17)16-7-3-5-9-18(16)19/h2-9,14,19-20H,10-13H2,1H3,(H,28,33)(H,29,32)(H,30,31). The summed E-state index contributed by atoms with van der Waals surface area (Å²) in [5.74, 6) is -3.62. The number of nitrogens with one attached hydrogen (secondary N) is 2. The van der Waals surface area contributed by atoms with E-state index in [1.54, 1.807) is 5.32 Å². The molecule has 34 heavy (non-hydrogen) atoms. The molecule has 3 rings (SSSR count). The van der Waals surface area contributed by atoms with Crippen molar-refractivity contribution in [1.82, 2.24) is 10.6 Å². The number of fused-ring (bicyclic) bond motifs is 3. The molecule has 2 atom stereocenters. The van der Waals surface area contributed by atoms with Crippen molar-refractivity contribution >= 4 is 18.0 Å². The van der Waals surface area contributed by atoms with E-state index in [4.69, 9.17) is 9.84 Å². The number of benzene rings is 2. The lowest BCUT2D eigenvalue weighted by Gasteiger charge is -2.22. The smallest absolute Gasteiger partial charge is 0.409 e. The summed E-state index contributed by atoms with van der Waals surface area (Å²) in [4.78, 5) is 34.8. The first-order valence-corrected chi connectivity index (χ1v) is 10.8. The molecule has 0 saturated carbocycles. The molecule has 0 aliphatic heterocycles. The molecule has 3 N–H and O–H groups in total. The number of carboxylic acid groups (broad SMARTS) is 1. The Bertz CT molecular complexity index is 1010. The van der Waals surface area contributed by atoms with Crippen molar-refractivity contribution in [3.05, 3.63) is 59.7 Å². The summed E-state index contributed by atoms with van der Waals surface area (Å²) < 4.78 is 44.1. The number of carbonyl (C=O) groups excluding carboxylic acids is 2. The van der Waals surface area contributed by atoms with Gasteiger partial charge < -0.3 is 20.5 Å². The third-order valence-electron chi connectivity index (χ3n) is 5.73. The van der Waals surface area contributed by atoms with Gasteiger partial charge in [-0.05, 0) is 28.7 Å². The normalized spacial score (nSPS) is 14.5. The molecule has 2 amide bonds. The van der Waals surface area contributed by atoms with Crippen LogP contribution in [0.2, 0.25) is 0 Å². The molecule has 0 spiro atoms. The van der Waals surface area contributed by atoms with E-state index in [9.17, 15) is 27.6 Å². The van der Waals surface area contributed by atoms with Crippen LogP contribution in [0.15, 0.2) is 48.5 Å². The quantitative estimate of drug-likeness (QED) is 0.504. The second-order valence-electron chi connectivity index (χ2n) is 8.14. The van der Waals surface area contributed by atoms with Crippen molar-refractivity contribution in [2.45, 2.75) is 37.9 Å². The monoisotopic (exact) mass is 478 g/mol. The summed E-state index contributed by atoms with van der Waals surface area (Å²) in [6.45, 7) is 1.50. The lowest BCUT2D eigenvalue weighted by Crippen LogP contribution is -2.48. The van der Waals surface area contributed by atoms with Crippen LogP contribution in [-0.2, 0) is 14.3 Å². The molecule has 2 aromatic carbocycles. The van der Waals surface area contributed by atoms with Crippen LogP contribution in [0.4, 0.5) is 18.0 Å². The summed E-state index contributed by atoms with van der Waals surface area (Å²) >= 11 is 0. The third kappa shape index (κ3) is 6.06. The number of hydrogen-bond acceptors (Lipinski definition) is 4. The van der Waals surface area contributed by atoms with Gasteiger partial charge in [0.15, 0.2) is 0 Å². The fourth-order valence-corrected chi connectivity index (χ4v) is 3.91. The van der Waals surface area contributed by atoms with Gasteiger partial charge in [-0.3, -0.25) is 9.59 Å². The van der Waals surface area contributed by atoms with Crippen molar-refractivity contribution in [1.29, 1.82) is 0 Å². The van der Waals surface area contributed by atoms with Gasteiger partial charge in [-0.2, -0.15) is 13.2 Å². The van der Waals surface area contributed by atoms with Crippen LogP contribution in [-0.4, -0.2) is 48.4 Å². The minimum absolute atomic E-state index is 0.000869. The van der Waals surface area contributed by atoms with Crippen molar-refractivity contribution in [2.75, 3.05) is 13.2 Å². The van der Waals surface area contributed by atoms with Crippen molar-refractivity contribution < 1.29 is 37.4 Å². The summed E-state index contributed by atoms with van der Waals surface area (Å²) in [6, 6.07) is 13.3. The SMILES string of the molecule is CC(CCNC(=O)OCC1c2ccccc2-c2ccccc21)C(=O)NC(CC(=O)O)C(F)(F)F. The van der Waals surface area contributed by atoms with E-state index in [0.29, 0.717) is 0 Å². The Hall–Kier alpha value is -3.56. The predicted octanol–water partition coefficient (Wildman–Crippen LogP) is 4.07. The zero-order valence-electron chi connectivity index (χ0n) is 18.4. The van der Waals surface area contributed by atoms with E-state index < -0.39 is 42.5 Å². The minimum atomic E-state index is -4.88. The van der Waals surface area contributed by atoms with Gasteiger partial charge in [0, 0.05) is 18.4 Å². The largest absolute Gasteiger partial charge is 0.481 e. The number of alkyl halides is 3. The molecule has 2 unspecified atom stereocenters. The van der Waals surface area contributed by atoms with Crippen molar-refractivity contribution in [3.63, 3.8) is 0 Å². The highest BCUT2D eigenvalue weighted by Gasteiger charge is 2.42. The Labute approximate surface area is 194 Å². The molecule has 182 valence electrons. The summed E-state index contributed by atoms with van der Waals surface area (Å²) in [5.41, 5.74) is 4.30. The summed E-state index contributed by atoms with van der Waals surface area (Å²) in [6.07, 6.45) is -6.80. The highest BCUT2D eigenvalue weighted by atomic mass is 19.4. The van der Waals surface area contributed by atoms with Crippen molar-refractivity contribution in [2.24, 2.45) is 5.92 Å². The molecule has 2 aromatic rings. The van der Waals surface area contributed by atoms with Crippen LogP contribution in [0.1, 0.15) is 36.8 Å². The lowest BCUT2D eigenvalue weighted by molar-refractivity contribution is -0.170. The molecule has 0 bridgehead atoms. The first-order valence-electron chi connectivity index (χ1n) is 10.8. The average molecular weight is 478 g/mol. The van der Waals surface area contributed by atoms with Crippen LogP contribution in [0.5, 0.6) is 0 Å². The van der Waals surface area contributed by atoms with E-state index in [2.05, 4.69) is 5.32 Å². The van der Waals surface area contributed by atoms with Gasteiger partial charge in [-0.1, -0.05) is 55.5 Å². The molecular formula is C24H25F3N2O5. The zero-order chi connectivity index (χ0) is 24.9. The number of amides is 2. The summed E-state index contributed by atoms with van der Waals surface area (Å²) in [5, 5.41) is 12.8. The van der Waals surface area contributed by atoms with E-state index in [1.807, 2.05) is 48.5 Å². The second-order valence-corrected chi connectivity index (χ2v) is 8.14. The Morgan fingerprint density at radius 2 is 1.59 bits per heavy atom. The fourth-order valence-electron chi connectivity index (χ4n) is 3.91. The molecule has 0 saturated heterocycles. The Morgan fingerprint density at radius 3 is 2.12 bits per heavy atom. The van der Waals surface area contributed by atoms with Gasteiger partial charge in [0.2, 0.25) is 5.91 Å². The molecule has 7 nitrogen and oxygen atoms in total. The Morgan fingerprint density at radius 1 is 1.03 bits per heavy atom. The topological polar surface area (TPSA) is 105 Å². The van der Waals surface area contributed by atoms with Gasteiger partial charge in [-0.25, -0.2) is 4.79 Å². The molecular weight excluding hydrogens is 453 g/mol. The minimum Gasteiger partial charge on any atom is -0.481 e. The van der Waals surface area contributed by atoms with E-state index in [-0.39, 0.29) is 25.5 Å².